The Labute approximate surface area is 115 Å². The summed E-state index contributed by atoms with van der Waals surface area (Å²) in [6.45, 7) is 9.33. The lowest BCUT2D eigenvalue weighted by Gasteiger charge is -2.30. The second-order valence-corrected chi connectivity index (χ2v) is 5.07. The number of amides is 1. The van der Waals surface area contributed by atoms with Crippen molar-refractivity contribution in [1.29, 1.82) is 0 Å². The smallest absolute Gasteiger partial charge is 0.252 e. The normalized spacial score (nSPS) is 10.8. The van der Waals surface area contributed by atoms with Gasteiger partial charge in [0.2, 0.25) is 0 Å². The first-order valence-corrected chi connectivity index (χ1v) is 6.63. The maximum Gasteiger partial charge on any atom is 0.252 e. The molecule has 0 saturated heterocycles. The van der Waals surface area contributed by atoms with Gasteiger partial charge in [0.1, 0.15) is 5.82 Å². The van der Waals surface area contributed by atoms with E-state index < -0.39 is 5.91 Å². The Morgan fingerprint density at radius 2 is 2.05 bits per heavy atom. The minimum absolute atomic E-state index is 0.235. The van der Waals surface area contributed by atoms with Gasteiger partial charge in [0.25, 0.3) is 5.91 Å². The minimum atomic E-state index is -0.432. The van der Waals surface area contributed by atoms with E-state index in [1.807, 2.05) is 19.9 Å². The van der Waals surface area contributed by atoms with Gasteiger partial charge in [0.15, 0.2) is 0 Å². The maximum absolute atomic E-state index is 11.7. The molecule has 0 radical (unpaired) electrons. The van der Waals surface area contributed by atoms with Crippen LogP contribution in [-0.4, -0.2) is 30.0 Å². The van der Waals surface area contributed by atoms with E-state index in [0.29, 0.717) is 17.9 Å². The molecule has 0 unspecified atom stereocenters. The summed E-state index contributed by atoms with van der Waals surface area (Å²) in [5.74, 6) is 0.242. The molecule has 0 saturated carbocycles. The van der Waals surface area contributed by atoms with E-state index in [9.17, 15) is 4.79 Å². The fraction of sp³-hybridized carbons (Fsp3) is 0.571. The molecule has 0 spiro atoms. The standard InChI is InChI=1S/C14H24N4O/c1-9(2)18(7-5-6-15)14-12(13(16)19)10(3)8-11(4)17-14/h8-9H,5-7,15H2,1-4H3,(H2,16,19). The lowest BCUT2D eigenvalue weighted by molar-refractivity contribution is 0.1000. The van der Waals surface area contributed by atoms with E-state index >= 15 is 0 Å². The molecule has 106 valence electrons. The number of aromatic nitrogens is 1. The van der Waals surface area contributed by atoms with Gasteiger partial charge in [0.05, 0.1) is 5.56 Å². The van der Waals surface area contributed by atoms with E-state index in [1.54, 1.807) is 0 Å². The largest absolute Gasteiger partial charge is 0.365 e. The molecular weight excluding hydrogens is 240 g/mol. The lowest BCUT2D eigenvalue weighted by Crippen LogP contribution is -2.36. The molecule has 4 N–H and O–H groups in total. The third-order valence-corrected chi connectivity index (χ3v) is 3.07. The third-order valence-electron chi connectivity index (χ3n) is 3.07. The topological polar surface area (TPSA) is 85.2 Å². The first-order valence-electron chi connectivity index (χ1n) is 6.63. The quantitative estimate of drug-likeness (QED) is 0.812. The number of carbonyl (C=O) groups excluding carboxylic acids is 1. The van der Waals surface area contributed by atoms with Crippen LogP contribution in [0.5, 0.6) is 0 Å². The average Bonchev–Trinajstić information content (AvgIpc) is 2.27. The zero-order chi connectivity index (χ0) is 14.6. The molecule has 19 heavy (non-hydrogen) atoms. The highest BCUT2D eigenvalue weighted by molar-refractivity contribution is 5.99. The second kappa shape index (κ2) is 6.52. The highest BCUT2D eigenvalue weighted by Gasteiger charge is 2.21. The molecule has 1 rings (SSSR count). The lowest BCUT2D eigenvalue weighted by atomic mass is 10.1. The SMILES string of the molecule is Cc1cc(C)c(C(N)=O)c(N(CCCN)C(C)C)n1. The molecule has 1 heterocycles. The van der Waals surface area contributed by atoms with Crippen molar-refractivity contribution in [2.24, 2.45) is 11.5 Å². The Balaban J connectivity index is 3.31. The third kappa shape index (κ3) is 3.67. The Morgan fingerprint density at radius 1 is 1.42 bits per heavy atom. The molecule has 0 fully saturated rings. The number of nitrogens with zero attached hydrogens (tertiary/aromatic N) is 2. The van der Waals surface area contributed by atoms with Gasteiger partial charge in [-0.25, -0.2) is 4.98 Å². The van der Waals surface area contributed by atoms with Crippen molar-refractivity contribution >= 4 is 11.7 Å². The van der Waals surface area contributed by atoms with E-state index in [2.05, 4.69) is 23.7 Å². The van der Waals surface area contributed by atoms with Gasteiger partial charge in [0, 0.05) is 18.3 Å². The Bertz CT molecular complexity index is 457. The summed E-state index contributed by atoms with van der Waals surface area (Å²) in [4.78, 5) is 18.3. The fourth-order valence-electron chi connectivity index (χ4n) is 2.20. The summed E-state index contributed by atoms with van der Waals surface area (Å²) in [6.07, 6.45) is 0.852. The Morgan fingerprint density at radius 3 is 2.53 bits per heavy atom. The number of rotatable bonds is 6. The van der Waals surface area contributed by atoms with Gasteiger partial charge in [-0.3, -0.25) is 4.79 Å². The highest BCUT2D eigenvalue weighted by Crippen LogP contribution is 2.24. The van der Waals surface area contributed by atoms with Crippen LogP contribution in [-0.2, 0) is 0 Å². The van der Waals surface area contributed by atoms with Crippen LogP contribution in [0, 0.1) is 13.8 Å². The number of primary amides is 1. The first kappa shape index (κ1) is 15.4. The second-order valence-electron chi connectivity index (χ2n) is 5.07. The molecule has 0 aliphatic heterocycles. The van der Waals surface area contributed by atoms with Gasteiger partial charge < -0.3 is 16.4 Å². The molecule has 1 aromatic rings. The van der Waals surface area contributed by atoms with Crippen LogP contribution < -0.4 is 16.4 Å². The average molecular weight is 264 g/mol. The van der Waals surface area contributed by atoms with Gasteiger partial charge in [-0.1, -0.05) is 0 Å². The molecule has 5 nitrogen and oxygen atoms in total. The van der Waals surface area contributed by atoms with Crippen LogP contribution in [0.15, 0.2) is 6.07 Å². The highest BCUT2D eigenvalue weighted by atomic mass is 16.1. The summed E-state index contributed by atoms with van der Waals surface area (Å²) in [5, 5.41) is 0. The van der Waals surface area contributed by atoms with Crippen molar-refractivity contribution in [3.05, 3.63) is 22.9 Å². The fourth-order valence-corrected chi connectivity index (χ4v) is 2.20. The van der Waals surface area contributed by atoms with E-state index in [0.717, 1.165) is 24.2 Å². The molecular formula is C14H24N4O. The molecule has 0 aromatic carbocycles. The van der Waals surface area contributed by atoms with Gasteiger partial charge in [-0.15, -0.1) is 0 Å². The number of carbonyl (C=O) groups is 1. The number of aryl methyl sites for hydroxylation is 2. The molecule has 0 atom stereocenters. The molecule has 0 bridgehead atoms. The van der Waals surface area contributed by atoms with E-state index in [-0.39, 0.29) is 6.04 Å². The first-order chi connectivity index (χ1) is 8.88. The maximum atomic E-state index is 11.7. The summed E-state index contributed by atoms with van der Waals surface area (Å²) < 4.78 is 0. The Kier molecular flexibility index (Phi) is 5.30. The molecule has 1 aromatic heterocycles. The number of anilines is 1. The van der Waals surface area contributed by atoms with Crippen LogP contribution in [0.2, 0.25) is 0 Å². The monoisotopic (exact) mass is 264 g/mol. The van der Waals surface area contributed by atoms with Crippen LogP contribution in [0.25, 0.3) is 0 Å². The number of hydrogen-bond acceptors (Lipinski definition) is 4. The van der Waals surface area contributed by atoms with Crippen molar-refractivity contribution in [1.82, 2.24) is 4.98 Å². The van der Waals surface area contributed by atoms with E-state index in [4.69, 9.17) is 11.5 Å². The molecule has 5 heteroatoms. The molecule has 0 aliphatic rings. The minimum Gasteiger partial charge on any atom is -0.365 e. The Hall–Kier alpha value is -1.62. The molecule has 1 amide bonds. The van der Waals surface area contributed by atoms with Crippen molar-refractivity contribution in [3.63, 3.8) is 0 Å². The van der Waals surface area contributed by atoms with Gasteiger partial charge in [-0.2, -0.15) is 0 Å². The number of nitrogens with two attached hydrogens (primary N) is 2. The van der Waals surface area contributed by atoms with Crippen molar-refractivity contribution in [2.75, 3.05) is 18.0 Å². The van der Waals surface area contributed by atoms with Crippen LogP contribution in [0.4, 0.5) is 5.82 Å². The van der Waals surface area contributed by atoms with Gasteiger partial charge in [-0.05, 0) is 52.3 Å². The summed E-state index contributed by atoms with van der Waals surface area (Å²) >= 11 is 0. The van der Waals surface area contributed by atoms with Crippen LogP contribution in [0.3, 0.4) is 0 Å². The number of pyridine rings is 1. The zero-order valence-corrected chi connectivity index (χ0v) is 12.2. The van der Waals surface area contributed by atoms with Crippen molar-refractivity contribution < 1.29 is 4.79 Å². The van der Waals surface area contributed by atoms with Gasteiger partial charge >= 0.3 is 0 Å². The van der Waals surface area contributed by atoms with E-state index in [1.165, 1.54) is 0 Å². The van der Waals surface area contributed by atoms with Crippen molar-refractivity contribution in [3.8, 4) is 0 Å². The summed E-state index contributed by atoms with van der Waals surface area (Å²) in [5.41, 5.74) is 13.3. The summed E-state index contributed by atoms with van der Waals surface area (Å²) in [6, 6.07) is 2.11. The summed E-state index contributed by atoms with van der Waals surface area (Å²) in [7, 11) is 0. The predicted molar refractivity (Wildman–Crippen MR) is 78.4 cm³/mol. The van der Waals surface area contributed by atoms with Crippen molar-refractivity contribution in [2.45, 2.75) is 40.2 Å². The zero-order valence-electron chi connectivity index (χ0n) is 12.2. The molecule has 0 aliphatic carbocycles. The van der Waals surface area contributed by atoms with Crippen LogP contribution >= 0.6 is 0 Å². The number of hydrogen-bond donors (Lipinski definition) is 2. The predicted octanol–water partition coefficient (Wildman–Crippen LogP) is 1.36. The van der Waals surface area contributed by atoms with Crippen LogP contribution in [0.1, 0.15) is 41.9 Å².